The summed E-state index contributed by atoms with van der Waals surface area (Å²) in [6, 6.07) is 0. The van der Waals surface area contributed by atoms with E-state index in [9.17, 15) is 14.4 Å². The SMILES string of the molecule is CCCCCCCCC/C=C\CCCCCCCCCC(=O)OCC(COC(=O)CCCCCCCCCCCCCCCCCCCCCCCCCCC)OC(=O)CCCCCCCCC/C=C\CCCCCCCCC. The number of esters is 3. The van der Waals surface area contributed by atoms with Gasteiger partial charge in [0.2, 0.25) is 0 Å². The summed E-state index contributed by atoms with van der Waals surface area (Å²) in [6.07, 6.45) is 83.5. The summed E-state index contributed by atoms with van der Waals surface area (Å²) in [5.74, 6) is -0.845. The molecular weight excluding hydrogens is 973 g/mol. The second-order valence-electron chi connectivity index (χ2n) is 24.5. The average molecular weight is 1110 g/mol. The van der Waals surface area contributed by atoms with Crippen LogP contribution in [-0.4, -0.2) is 37.2 Å². The molecule has 79 heavy (non-hydrogen) atoms. The fraction of sp³-hybridized carbons (Fsp3) is 0.904. The molecule has 0 amide bonds. The second kappa shape index (κ2) is 68.4. The number of hydrogen-bond donors (Lipinski definition) is 0. The fourth-order valence-electron chi connectivity index (χ4n) is 11.0. The van der Waals surface area contributed by atoms with Crippen molar-refractivity contribution in [1.82, 2.24) is 0 Å². The van der Waals surface area contributed by atoms with Crippen molar-refractivity contribution in [3.63, 3.8) is 0 Å². The quantitative estimate of drug-likeness (QED) is 0.0261. The van der Waals surface area contributed by atoms with Gasteiger partial charge in [0.15, 0.2) is 6.10 Å². The molecule has 0 aliphatic heterocycles. The van der Waals surface area contributed by atoms with Crippen LogP contribution in [0.15, 0.2) is 24.3 Å². The maximum Gasteiger partial charge on any atom is 0.306 e. The van der Waals surface area contributed by atoms with Gasteiger partial charge in [-0.15, -0.1) is 0 Å². The molecule has 0 fully saturated rings. The van der Waals surface area contributed by atoms with Crippen LogP contribution in [0.3, 0.4) is 0 Å². The van der Waals surface area contributed by atoms with Gasteiger partial charge in [-0.2, -0.15) is 0 Å². The zero-order valence-corrected chi connectivity index (χ0v) is 53.7. The summed E-state index contributed by atoms with van der Waals surface area (Å²) in [4.78, 5) is 38.5. The Morgan fingerprint density at radius 2 is 0.418 bits per heavy atom. The van der Waals surface area contributed by atoms with Gasteiger partial charge < -0.3 is 14.2 Å². The molecule has 6 heteroatoms. The van der Waals surface area contributed by atoms with Gasteiger partial charge in [-0.1, -0.05) is 340 Å². The molecule has 0 aromatic rings. The zero-order chi connectivity index (χ0) is 57.1. The van der Waals surface area contributed by atoms with E-state index >= 15 is 0 Å². The average Bonchev–Trinajstić information content (AvgIpc) is 3.45. The van der Waals surface area contributed by atoms with Crippen molar-refractivity contribution in [2.24, 2.45) is 0 Å². The Labute approximate surface area is 493 Å². The largest absolute Gasteiger partial charge is 0.462 e. The maximum absolute atomic E-state index is 12.9. The highest BCUT2D eigenvalue weighted by Gasteiger charge is 2.19. The molecule has 1 unspecified atom stereocenters. The minimum atomic E-state index is -0.774. The Morgan fingerprint density at radius 1 is 0.241 bits per heavy atom. The van der Waals surface area contributed by atoms with Crippen LogP contribution in [0, 0.1) is 0 Å². The predicted molar refractivity (Wildman–Crippen MR) is 344 cm³/mol. The van der Waals surface area contributed by atoms with Gasteiger partial charge in [-0.3, -0.25) is 14.4 Å². The van der Waals surface area contributed by atoms with Crippen LogP contribution in [0.1, 0.15) is 406 Å². The predicted octanol–water partition coefficient (Wildman–Crippen LogP) is 24.6. The number of hydrogen-bond acceptors (Lipinski definition) is 6. The lowest BCUT2D eigenvalue weighted by molar-refractivity contribution is -0.167. The third kappa shape index (κ3) is 66.6. The Balaban J connectivity index is 4.27. The molecule has 6 nitrogen and oxygen atoms in total. The van der Waals surface area contributed by atoms with E-state index in [-0.39, 0.29) is 31.1 Å². The van der Waals surface area contributed by atoms with Gasteiger partial charge in [0, 0.05) is 19.3 Å². The minimum absolute atomic E-state index is 0.0689. The van der Waals surface area contributed by atoms with Crippen LogP contribution in [0.4, 0.5) is 0 Å². The van der Waals surface area contributed by atoms with Crippen molar-refractivity contribution in [3.05, 3.63) is 24.3 Å². The minimum Gasteiger partial charge on any atom is -0.462 e. The monoisotopic (exact) mass is 1110 g/mol. The summed E-state index contributed by atoms with van der Waals surface area (Å²) < 4.78 is 17.0. The van der Waals surface area contributed by atoms with E-state index in [1.807, 2.05) is 0 Å². The van der Waals surface area contributed by atoms with Gasteiger partial charge in [0.1, 0.15) is 13.2 Å². The van der Waals surface area contributed by atoms with Gasteiger partial charge >= 0.3 is 17.9 Å². The van der Waals surface area contributed by atoms with Crippen molar-refractivity contribution in [2.75, 3.05) is 13.2 Å². The smallest absolute Gasteiger partial charge is 0.306 e. The summed E-state index contributed by atoms with van der Waals surface area (Å²) in [5, 5.41) is 0. The van der Waals surface area contributed by atoms with Gasteiger partial charge in [-0.05, 0) is 70.6 Å². The molecule has 0 rings (SSSR count). The Hall–Kier alpha value is -2.11. The van der Waals surface area contributed by atoms with Crippen molar-refractivity contribution in [3.8, 4) is 0 Å². The molecular formula is C73H138O6. The van der Waals surface area contributed by atoms with Crippen molar-refractivity contribution in [1.29, 1.82) is 0 Å². The van der Waals surface area contributed by atoms with E-state index < -0.39 is 6.10 Å². The van der Waals surface area contributed by atoms with E-state index in [2.05, 4.69) is 45.1 Å². The molecule has 466 valence electrons. The van der Waals surface area contributed by atoms with Crippen LogP contribution < -0.4 is 0 Å². The van der Waals surface area contributed by atoms with Crippen LogP contribution in [0.5, 0.6) is 0 Å². The third-order valence-corrected chi connectivity index (χ3v) is 16.4. The first-order valence-corrected chi connectivity index (χ1v) is 35.8. The van der Waals surface area contributed by atoms with Crippen LogP contribution in [0.2, 0.25) is 0 Å². The van der Waals surface area contributed by atoms with Gasteiger partial charge in [0.25, 0.3) is 0 Å². The summed E-state index contributed by atoms with van der Waals surface area (Å²) in [5.41, 5.74) is 0. The van der Waals surface area contributed by atoms with E-state index in [0.29, 0.717) is 19.3 Å². The van der Waals surface area contributed by atoms with Crippen LogP contribution >= 0.6 is 0 Å². The number of rotatable bonds is 67. The van der Waals surface area contributed by atoms with Gasteiger partial charge in [-0.25, -0.2) is 0 Å². The van der Waals surface area contributed by atoms with Gasteiger partial charge in [0.05, 0.1) is 0 Å². The summed E-state index contributed by atoms with van der Waals surface area (Å²) in [7, 11) is 0. The van der Waals surface area contributed by atoms with Crippen LogP contribution in [0.25, 0.3) is 0 Å². The Kier molecular flexibility index (Phi) is 66.6. The molecule has 0 aliphatic rings. The zero-order valence-electron chi connectivity index (χ0n) is 53.7. The molecule has 0 spiro atoms. The molecule has 0 radical (unpaired) electrons. The second-order valence-corrected chi connectivity index (χ2v) is 24.5. The molecule has 0 saturated carbocycles. The normalized spacial score (nSPS) is 12.1. The first kappa shape index (κ1) is 76.9. The first-order chi connectivity index (χ1) is 39.0. The standard InChI is InChI=1S/C73H138O6/c1-4-7-10-13-16-19-22-25-28-31-34-35-36-37-38-39-40-43-45-48-51-54-57-60-63-66-72(75)78-69-70(79-73(76)67-64-61-58-55-52-49-46-42-33-30-27-24-21-18-15-12-9-6-3)68-77-71(74)65-62-59-56-53-50-47-44-41-32-29-26-23-20-17-14-11-8-5-2/h29-30,32-33,70H,4-28,31,34-69H2,1-3H3/b32-29-,33-30-. The lowest BCUT2D eigenvalue weighted by Crippen LogP contribution is -2.30. The fourth-order valence-corrected chi connectivity index (χ4v) is 11.0. The molecule has 0 aliphatic carbocycles. The van der Waals surface area contributed by atoms with Crippen molar-refractivity contribution < 1.29 is 28.6 Å². The van der Waals surface area contributed by atoms with E-state index in [1.165, 1.54) is 308 Å². The number of carbonyl (C=O) groups is 3. The first-order valence-electron chi connectivity index (χ1n) is 35.8. The maximum atomic E-state index is 12.9. The lowest BCUT2D eigenvalue weighted by atomic mass is 10.0. The highest BCUT2D eigenvalue weighted by atomic mass is 16.6. The number of carbonyl (C=O) groups excluding carboxylic acids is 3. The topological polar surface area (TPSA) is 78.9 Å². The van der Waals surface area contributed by atoms with Crippen molar-refractivity contribution in [2.45, 2.75) is 412 Å². The molecule has 0 bridgehead atoms. The molecule has 0 aromatic heterocycles. The molecule has 0 N–H and O–H groups in total. The van der Waals surface area contributed by atoms with E-state index in [4.69, 9.17) is 14.2 Å². The third-order valence-electron chi connectivity index (χ3n) is 16.4. The summed E-state index contributed by atoms with van der Waals surface area (Å²) >= 11 is 0. The van der Waals surface area contributed by atoms with E-state index in [1.54, 1.807) is 0 Å². The number of allylic oxidation sites excluding steroid dienone is 4. The number of unbranched alkanes of at least 4 members (excludes halogenated alkanes) is 52. The van der Waals surface area contributed by atoms with Crippen LogP contribution in [-0.2, 0) is 28.6 Å². The highest BCUT2D eigenvalue weighted by Crippen LogP contribution is 2.19. The summed E-state index contributed by atoms with van der Waals surface area (Å²) in [6.45, 7) is 6.71. The molecule has 0 saturated heterocycles. The molecule has 0 heterocycles. The number of ether oxygens (including phenoxy) is 3. The molecule has 1 atom stereocenters. The molecule has 0 aromatic carbocycles. The Morgan fingerprint density at radius 3 is 0.633 bits per heavy atom. The van der Waals surface area contributed by atoms with Crippen molar-refractivity contribution >= 4 is 17.9 Å². The Bertz CT molecular complexity index is 1270. The van der Waals surface area contributed by atoms with E-state index in [0.717, 1.165) is 57.8 Å². The highest BCUT2D eigenvalue weighted by molar-refractivity contribution is 5.71. The lowest BCUT2D eigenvalue weighted by Gasteiger charge is -2.18.